The third-order valence-corrected chi connectivity index (χ3v) is 2.12. The van der Waals surface area contributed by atoms with E-state index in [-0.39, 0.29) is 5.01 Å². The van der Waals surface area contributed by atoms with Crippen LogP contribution in [0.4, 0.5) is 0 Å². The molecule has 0 spiro atoms. The van der Waals surface area contributed by atoms with Gasteiger partial charge in [0.1, 0.15) is 13.1 Å². The molecule has 0 aromatic carbocycles. The summed E-state index contributed by atoms with van der Waals surface area (Å²) in [6.45, 7) is -0.860. The zero-order valence-corrected chi connectivity index (χ0v) is 8.20. The van der Waals surface area contributed by atoms with Gasteiger partial charge in [0.05, 0.1) is 0 Å². The Kier molecular flexibility index (Phi) is 3.42. The monoisotopic (exact) mass is 252 g/mol. The summed E-state index contributed by atoms with van der Waals surface area (Å²) in [4.78, 5) is 31.2. The minimum atomic E-state index is -2.01. The quantitative estimate of drug-likeness (QED) is 0.400. The van der Waals surface area contributed by atoms with E-state index in [1.54, 1.807) is 0 Å². The number of aliphatic hydroxyl groups excluding tert-OH is 1. The highest BCUT2D eigenvalue weighted by Crippen LogP contribution is 2.13. The van der Waals surface area contributed by atoms with Crippen molar-refractivity contribution in [3.05, 3.63) is 30.3 Å². The average molecular weight is 252 g/mol. The molecule has 1 rings (SSSR count). The topological polar surface area (TPSA) is 168 Å². The molecular formula is C4H8N6O7. The number of rotatable bonds is 4. The first kappa shape index (κ1) is 12.6. The molecule has 0 bridgehead atoms. The lowest BCUT2D eigenvalue weighted by atomic mass is 10.3. The highest BCUT2D eigenvalue weighted by atomic mass is 16.7. The summed E-state index contributed by atoms with van der Waals surface area (Å²) in [6.07, 6.45) is -3.81. The Bertz CT molecular complexity index is 347. The van der Waals surface area contributed by atoms with Gasteiger partial charge in [-0.05, 0) is 0 Å². The van der Waals surface area contributed by atoms with Gasteiger partial charge in [-0.25, -0.2) is 30.3 Å². The van der Waals surface area contributed by atoms with Crippen LogP contribution >= 0.6 is 0 Å². The molecule has 0 aromatic rings. The van der Waals surface area contributed by atoms with Gasteiger partial charge >= 0.3 is 0 Å². The van der Waals surface area contributed by atoms with E-state index in [2.05, 4.69) is 0 Å². The van der Waals surface area contributed by atoms with Crippen LogP contribution < -0.4 is 5.43 Å². The predicted octanol–water partition coefficient (Wildman–Crippen LogP) is -2.59. The average Bonchev–Trinajstić information content (AvgIpc) is 2.19. The first-order chi connectivity index (χ1) is 7.84. The molecule has 96 valence electrons. The molecule has 2 atom stereocenters. The summed E-state index contributed by atoms with van der Waals surface area (Å²) in [6, 6.07) is 0. The molecule has 1 aliphatic rings. The van der Waals surface area contributed by atoms with Gasteiger partial charge in [-0.15, -0.1) is 5.43 Å². The third kappa shape index (κ3) is 2.57. The lowest BCUT2D eigenvalue weighted by Crippen LogP contribution is -2.67. The van der Waals surface area contributed by atoms with E-state index in [0.717, 1.165) is 0 Å². The number of hydrazine groups is 3. The van der Waals surface area contributed by atoms with Crippen molar-refractivity contribution in [2.75, 3.05) is 13.1 Å². The van der Waals surface area contributed by atoms with Crippen molar-refractivity contribution in [1.29, 1.82) is 0 Å². The number of aliphatic hydroxyl groups is 1. The van der Waals surface area contributed by atoms with Crippen LogP contribution in [0.15, 0.2) is 0 Å². The van der Waals surface area contributed by atoms with Gasteiger partial charge in [0.25, 0.3) is 6.17 Å². The predicted molar refractivity (Wildman–Crippen MR) is 47.3 cm³/mol. The maximum atomic E-state index is 10.5. The van der Waals surface area contributed by atoms with Gasteiger partial charge in [-0.1, -0.05) is 10.0 Å². The second-order valence-corrected chi connectivity index (χ2v) is 3.05. The van der Waals surface area contributed by atoms with E-state index in [4.69, 9.17) is 0 Å². The van der Waals surface area contributed by atoms with Gasteiger partial charge in [-0.2, -0.15) is 0 Å². The maximum Gasteiger partial charge on any atom is 0.264 e. The molecule has 0 saturated carbocycles. The molecule has 2 N–H and O–H groups in total. The first-order valence-electron chi connectivity index (χ1n) is 4.25. The van der Waals surface area contributed by atoms with Crippen molar-refractivity contribution >= 4 is 0 Å². The van der Waals surface area contributed by atoms with Crippen molar-refractivity contribution in [2.45, 2.75) is 12.4 Å². The summed E-state index contributed by atoms with van der Waals surface area (Å²) in [5.41, 5.74) is 1.46. The van der Waals surface area contributed by atoms with Gasteiger partial charge in [0, 0.05) is 0 Å². The fourth-order valence-electron chi connectivity index (χ4n) is 1.40. The van der Waals surface area contributed by atoms with E-state index in [0.29, 0.717) is 5.01 Å². The molecule has 0 amide bonds. The maximum absolute atomic E-state index is 10.5. The van der Waals surface area contributed by atoms with Crippen LogP contribution in [0.1, 0.15) is 0 Å². The Balaban J connectivity index is 2.90. The van der Waals surface area contributed by atoms with Gasteiger partial charge < -0.3 is 5.11 Å². The summed E-state index contributed by atoms with van der Waals surface area (Å²) >= 11 is 0. The van der Waals surface area contributed by atoms with Crippen LogP contribution in [-0.4, -0.2) is 55.7 Å². The molecule has 2 unspecified atom stereocenters. The molecule has 1 saturated heterocycles. The van der Waals surface area contributed by atoms with Gasteiger partial charge in [0.15, 0.2) is 15.1 Å². The fraction of sp³-hybridized carbons (Fsp3) is 1.00. The molecule has 0 aromatic heterocycles. The van der Waals surface area contributed by atoms with Crippen molar-refractivity contribution in [3.63, 3.8) is 0 Å². The third-order valence-electron chi connectivity index (χ3n) is 2.12. The highest BCUT2D eigenvalue weighted by Gasteiger charge is 2.48. The Morgan fingerprint density at radius 3 is 1.94 bits per heavy atom. The minimum absolute atomic E-state index is 0.279. The minimum Gasteiger partial charge on any atom is -0.365 e. The lowest BCUT2D eigenvalue weighted by molar-refractivity contribution is -0.730. The molecule has 13 nitrogen and oxygen atoms in total. The number of nitro groups is 3. The van der Waals surface area contributed by atoms with Crippen LogP contribution in [-0.2, 0) is 0 Å². The summed E-state index contributed by atoms with van der Waals surface area (Å²) in [5.74, 6) is 0. The molecule has 17 heavy (non-hydrogen) atoms. The molecular weight excluding hydrogens is 244 g/mol. The number of nitrogens with one attached hydrogen (secondary N) is 1. The number of hydrogen-bond donors (Lipinski definition) is 2. The van der Waals surface area contributed by atoms with Crippen LogP contribution in [0.5, 0.6) is 0 Å². The van der Waals surface area contributed by atoms with Gasteiger partial charge in [-0.3, -0.25) is 0 Å². The van der Waals surface area contributed by atoms with Crippen LogP contribution in [0.25, 0.3) is 0 Å². The Morgan fingerprint density at radius 2 is 1.53 bits per heavy atom. The molecule has 13 heteroatoms. The fourth-order valence-corrected chi connectivity index (χ4v) is 1.40. The Labute approximate surface area is 92.6 Å². The molecule has 1 fully saturated rings. The van der Waals surface area contributed by atoms with Crippen molar-refractivity contribution in [3.8, 4) is 0 Å². The van der Waals surface area contributed by atoms with E-state index >= 15 is 0 Å². The largest absolute Gasteiger partial charge is 0.365 e. The number of nitrogens with zero attached hydrogens (tertiary/aromatic N) is 5. The first-order valence-corrected chi connectivity index (χ1v) is 4.25. The summed E-state index contributed by atoms with van der Waals surface area (Å²) in [7, 11) is 0. The van der Waals surface area contributed by atoms with E-state index in [1.807, 2.05) is 0 Å². The molecule has 1 aliphatic heterocycles. The van der Waals surface area contributed by atoms with Crippen LogP contribution in [0, 0.1) is 30.3 Å². The normalized spacial score (nSPS) is 24.3. The van der Waals surface area contributed by atoms with Crippen molar-refractivity contribution < 1.29 is 20.2 Å². The van der Waals surface area contributed by atoms with Gasteiger partial charge in [0.2, 0.25) is 6.23 Å². The zero-order chi connectivity index (χ0) is 13.2. The zero-order valence-electron chi connectivity index (χ0n) is 8.20. The summed E-state index contributed by atoms with van der Waals surface area (Å²) < 4.78 is 0. The second kappa shape index (κ2) is 4.60. The smallest absolute Gasteiger partial charge is 0.264 e. The Hall–Kier alpha value is -2.44. The molecule has 0 radical (unpaired) electrons. The van der Waals surface area contributed by atoms with E-state index in [1.165, 1.54) is 5.43 Å². The highest BCUT2D eigenvalue weighted by molar-refractivity contribution is 4.73. The standard InChI is InChI=1S/C4H8N6O7/c11-4-3(5-8(12)13)6(9(14)15)1-2-7(4)10(16)17/h3-5,11H,1-2H2. The van der Waals surface area contributed by atoms with Crippen LogP contribution in [0.3, 0.4) is 0 Å². The number of piperazine rings is 1. The second-order valence-electron chi connectivity index (χ2n) is 3.05. The van der Waals surface area contributed by atoms with Crippen molar-refractivity contribution in [1.82, 2.24) is 15.4 Å². The summed E-state index contributed by atoms with van der Waals surface area (Å²) in [5, 5.41) is 38.2. The molecule has 1 heterocycles. The Morgan fingerprint density at radius 1 is 1.06 bits per heavy atom. The molecule has 0 aliphatic carbocycles. The van der Waals surface area contributed by atoms with Crippen LogP contribution in [0.2, 0.25) is 0 Å². The van der Waals surface area contributed by atoms with Crippen molar-refractivity contribution in [2.24, 2.45) is 0 Å². The lowest BCUT2D eigenvalue weighted by Gasteiger charge is -2.33. The van der Waals surface area contributed by atoms with E-state index < -0.39 is 40.6 Å². The number of hydrogen-bond acceptors (Lipinski definition) is 7. The van der Waals surface area contributed by atoms with E-state index in [9.17, 15) is 35.4 Å². The SMILES string of the molecule is O=[N+]([O-])NC1C(O)N([N+](=O)[O-])CCN1[N+](=O)[O-].